The van der Waals surface area contributed by atoms with Crippen molar-refractivity contribution < 1.29 is 27.6 Å². The molecular weight excluding hydrogens is 350 g/mol. The number of amides is 2. The minimum absolute atomic E-state index is 0.127. The lowest BCUT2D eigenvalue weighted by Gasteiger charge is -2.11. The largest absolute Gasteiger partial charge is 0.380 e. The molecule has 1 aromatic heterocycles. The second kappa shape index (κ2) is 5.83. The molecule has 3 rings (SSSR count). The van der Waals surface area contributed by atoms with Crippen molar-refractivity contribution in [1.29, 1.82) is 0 Å². The van der Waals surface area contributed by atoms with E-state index in [-0.39, 0.29) is 21.7 Å². The predicted octanol–water partition coefficient (Wildman–Crippen LogP) is 0.633. The molecule has 130 valence electrons. The molecule has 0 atom stereocenters. The summed E-state index contributed by atoms with van der Waals surface area (Å²) in [4.78, 5) is 43.6. The molecule has 2 aromatic rings. The molecule has 25 heavy (non-hydrogen) atoms. The van der Waals surface area contributed by atoms with Crippen molar-refractivity contribution in [2.45, 2.75) is 4.90 Å². The van der Waals surface area contributed by atoms with Gasteiger partial charge in [0.25, 0.3) is 11.8 Å². The summed E-state index contributed by atoms with van der Waals surface area (Å²) in [6, 6.07) is 7.12. The monoisotopic (exact) mass is 363 g/mol. The third-order valence-electron chi connectivity index (χ3n) is 3.59. The van der Waals surface area contributed by atoms with Gasteiger partial charge in [0.05, 0.1) is 11.1 Å². The van der Waals surface area contributed by atoms with E-state index in [4.69, 9.17) is 4.84 Å². The van der Waals surface area contributed by atoms with Crippen molar-refractivity contribution in [3.05, 3.63) is 53.3 Å². The zero-order valence-electron chi connectivity index (χ0n) is 13.2. The quantitative estimate of drug-likeness (QED) is 0.797. The van der Waals surface area contributed by atoms with Crippen LogP contribution < -0.4 is 0 Å². The third kappa shape index (κ3) is 2.71. The van der Waals surface area contributed by atoms with Crippen molar-refractivity contribution in [3.63, 3.8) is 0 Å². The zero-order chi connectivity index (χ0) is 18.4. The Morgan fingerprint density at radius 1 is 1.12 bits per heavy atom. The van der Waals surface area contributed by atoms with Crippen LogP contribution in [0.25, 0.3) is 0 Å². The van der Waals surface area contributed by atoms with Crippen LogP contribution >= 0.6 is 0 Å². The van der Waals surface area contributed by atoms with E-state index in [1.54, 1.807) is 12.1 Å². The molecule has 0 aliphatic carbocycles. The molecule has 1 N–H and O–H groups in total. The van der Waals surface area contributed by atoms with E-state index < -0.39 is 27.8 Å². The van der Waals surface area contributed by atoms with E-state index >= 15 is 0 Å². The van der Waals surface area contributed by atoms with Crippen molar-refractivity contribution in [2.75, 3.05) is 14.1 Å². The fraction of sp³-hybridized carbons (Fsp3) is 0.133. The van der Waals surface area contributed by atoms with Gasteiger partial charge in [0.2, 0.25) is 10.0 Å². The maximum absolute atomic E-state index is 12.1. The van der Waals surface area contributed by atoms with Gasteiger partial charge < -0.3 is 9.82 Å². The van der Waals surface area contributed by atoms with Crippen molar-refractivity contribution in [1.82, 2.24) is 14.4 Å². The number of H-pyrrole nitrogens is 1. The number of carbonyl (C=O) groups excluding carboxylic acids is 3. The fourth-order valence-electron chi connectivity index (χ4n) is 2.23. The molecule has 0 spiro atoms. The second-order valence-corrected chi connectivity index (χ2v) is 7.52. The minimum Gasteiger partial charge on any atom is -0.354 e. The van der Waals surface area contributed by atoms with Gasteiger partial charge in [0.15, 0.2) is 0 Å². The Morgan fingerprint density at radius 3 is 2.20 bits per heavy atom. The smallest absolute Gasteiger partial charge is 0.354 e. The standard InChI is InChI=1S/C15H13N3O6S/c1-17(2)25(22,23)9-7-12(16-8-9)15(21)24-18-13(19)10-5-3-4-6-11(10)14(18)20/h3-8,16H,1-2H3. The maximum atomic E-state index is 12.1. The first-order chi connectivity index (χ1) is 11.7. The SMILES string of the molecule is CN(C)S(=O)(=O)c1c[nH]c(C(=O)ON2C(=O)c3ccccc3C2=O)c1. The van der Waals surface area contributed by atoms with E-state index in [9.17, 15) is 22.8 Å². The van der Waals surface area contributed by atoms with Crippen molar-refractivity contribution in [3.8, 4) is 0 Å². The summed E-state index contributed by atoms with van der Waals surface area (Å²) in [7, 11) is -1.04. The molecule has 0 radical (unpaired) electrons. The average molecular weight is 363 g/mol. The number of aromatic nitrogens is 1. The Hall–Kier alpha value is -2.98. The molecule has 0 saturated heterocycles. The minimum atomic E-state index is -3.74. The number of hydroxylamine groups is 2. The predicted molar refractivity (Wildman–Crippen MR) is 84.0 cm³/mol. The highest BCUT2D eigenvalue weighted by atomic mass is 32.2. The van der Waals surface area contributed by atoms with Gasteiger partial charge in [0, 0.05) is 20.3 Å². The summed E-state index contributed by atoms with van der Waals surface area (Å²) in [5, 5.41) is 0.355. The van der Waals surface area contributed by atoms with E-state index in [1.165, 1.54) is 26.2 Å². The van der Waals surface area contributed by atoms with Gasteiger partial charge in [-0.2, -0.15) is 0 Å². The van der Waals surface area contributed by atoms with Gasteiger partial charge in [-0.05, 0) is 18.2 Å². The van der Waals surface area contributed by atoms with Crippen LogP contribution in [0.5, 0.6) is 0 Å². The molecule has 1 aliphatic rings. The Kier molecular flexibility index (Phi) is 3.93. The van der Waals surface area contributed by atoms with Gasteiger partial charge in [0.1, 0.15) is 10.6 Å². The summed E-state index contributed by atoms with van der Waals surface area (Å²) in [6.45, 7) is 0. The molecule has 1 aromatic carbocycles. The highest BCUT2D eigenvalue weighted by Crippen LogP contribution is 2.23. The number of hydrogen-bond acceptors (Lipinski definition) is 6. The van der Waals surface area contributed by atoms with Crippen LogP contribution in [-0.2, 0) is 14.9 Å². The fourth-order valence-corrected chi connectivity index (χ4v) is 3.13. The number of carbonyl (C=O) groups is 3. The first kappa shape index (κ1) is 16.9. The first-order valence-corrected chi connectivity index (χ1v) is 8.48. The van der Waals surface area contributed by atoms with Crippen LogP contribution in [-0.4, -0.2) is 54.6 Å². The molecule has 0 unspecified atom stereocenters. The molecule has 0 fully saturated rings. The molecule has 9 nitrogen and oxygen atoms in total. The van der Waals surface area contributed by atoms with E-state index in [0.29, 0.717) is 5.06 Å². The van der Waals surface area contributed by atoms with Crippen LogP contribution in [0.3, 0.4) is 0 Å². The first-order valence-electron chi connectivity index (χ1n) is 7.04. The Labute approximate surface area is 142 Å². The maximum Gasteiger partial charge on any atom is 0.380 e. The highest BCUT2D eigenvalue weighted by molar-refractivity contribution is 7.89. The number of sulfonamides is 1. The van der Waals surface area contributed by atoms with Crippen LogP contribution in [0, 0.1) is 0 Å². The van der Waals surface area contributed by atoms with Gasteiger partial charge in [-0.15, -0.1) is 0 Å². The Morgan fingerprint density at radius 2 is 1.68 bits per heavy atom. The number of nitrogens with one attached hydrogen (secondary N) is 1. The van der Waals surface area contributed by atoms with Gasteiger partial charge in [-0.25, -0.2) is 17.5 Å². The lowest BCUT2D eigenvalue weighted by Crippen LogP contribution is -2.32. The summed E-state index contributed by atoms with van der Waals surface area (Å²) in [6.07, 6.45) is 1.12. The molecule has 1 aliphatic heterocycles. The van der Waals surface area contributed by atoms with Crippen molar-refractivity contribution in [2.24, 2.45) is 0 Å². The van der Waals surface area contributed by atoms with Gasteiger partial charge >= 0.3 is 5.97 Å². The lowest BCUT2D eigenvalue weighted by atomic mass is 10.1. The number of imide groups is 1. The van der Waals surface area contributed by atoms with Gasteiger partial charge in [-0.3, -0.25) is 9.59 Å². The van der Waals surface area contributed by atoms with Crippen LogP contribution in [0.2, 0.25) is 0 Å². The topological polar surface area (TPSA) is 117 Å². The van der Waals surface area contributed by atoms with Crippen LogP contribution in [0.15, 0.2) is 41.4 Å². The highest BCUT2D eigenvalue weighted by Gasteiger charge is 2.39. The van der Waals surface area contributed by atoms with E-state index in [0.717, 1.165) is 16.6 Å². The molecule has 2 heterocycles. The number of benzene rings is 1. The number of nitrogens with zero attached hydrogens (tertiary/aromatic N) is 2. The zero-order valence-corrected chi connectivity index (χ0v) is 14.0. The summed E-state index contributed by atoms with van der Waals surface area (Å²) in [5.74, 6) is -2.59. The molecule has 2 amide bonds. The van der Waals surface area contributed by atoms with Crippen molar-refractivity contribution >= 4 is 27.8 Å². The normalized spacial score (nSPS) is 14.1. The van der Waals surface area contributed by atoms with Crippen LogP contribution in [0.1, 0.15) is 31.2 Å². The molecule has 0 bridgehead atoms. The summed E-state index contributed by atoms with van der Waals surface area (Å²) >= 11 is 0. The Bertz CT molecular complexity index is 957. The van der Waals surface area contributed by atoms with Crippen LogP contribution in [0.4, 0.5) is 0 Å². The number of fused-ring (bicyclic) bond motifs is 1. The average Bonchev–Trinajstić information content (AvgIpc) is 3.16. The third-order valence-corrected chi connectivity index (χ3v) is 5.38. The molecular formula is C15H13N3O6S. The number of rotatable bonds is 4. The number of hydrogen-bond donors (Lipinski definition) is 1. The summed E-state index contributed by atoms with van der Waals surface area (Å²) < 4.78 is 25.0. The number of aromatic amines is 1. The second-order valence-electron chi connectivity index (χ2n) is 5.37. The molecule has 0 saturated carbocycles. The molecule has 10 heteroatoms. The summed E-state index contributed by atoms with van der Waals surface area (Å²) in [5.41, 5.74) is 0.0438. The lowest BCUT2D eigenvalue weighted by molar-refractivity contribution is -0.0588. The van der Waals surface area contributed by atoms with Gasteiger partial charge in [-0.1, -0.05) is 17.2 Å². The Balaban J connectivity index is 1.82. The van der Waals surface area contributed by atoms with E-state index in [1.807, 2.05) is 0 Å². The van der Waals surface area contributed by atoms with E-state index in [2.05, 4.69) is 4.98 Å².